The van der Waals surface area contributed by atoms with Gasteiger partial charge in [-0.1, -0.05) is 0 Å². The van der Waals surface area contributed by atoms with E-state index < -0.39 is 17.2 Å². The lowest BCUT2D eigenvalue weighted by atomic mass is 9.78. The highest BCUT2D eigenvalue weighted by Gasteiger charge is 2.51. The van der Waals surface area contributed by atoms with Gasteiger partial charge in [0.2, 0.25) is 11.8 Å². The predicted octanol–water partition coefficient (Wildman–Crippen LogP) is 3.95. The lowest BCUT2D eigenvalue weighted by Gasteiger charge is -2.42. The number of benzene rings is 1. The van der Waals surface area contributed by atoms with Gasteiger partial charge in [-0.15, -0.1) is 0 Å². The number of rotatable bonds is 3. The third-order valence-electron chi connectivity index (χ3n) is 8.24. The molecular weight excluding hydrogens is 447 g/mol. The van der Waals surface area contributed by atoms with Gasteiger partial charge in [-0.3, -0.25) is 9.59 Å². The summed E-state index contributed by atoms with van der Waals surface area (Å²) in [6.07, 6.45) is 1.09. The fourth-order valence-corrected chi connectivity index (χ4v) is 6.40. The van der Waals surface area contributed by atoms with Gasteiger partial charge in [-0.2, -0.15) is 13.2 Å². The molecule has 0 unspecified atom stereocenters. The molecule has 5 rings (SSSR count). The second-order valence-corrected chi connectivity index (χ2v) is 10.4. The smallest absolute Gasteiger partial charge is 0.393 e. The summed E-state index contributed by atoms with van der Waals surface area (Å²) < 4.78 is 42.4. The molecule has 0 aromatic heterocycles. The van der Waals surface area contributed by atoms with Crippen molar-refractivity contribution in [3.8, 4) is 0 Å². The van der Waals surface area contributed by atoms with E-state index in [2.05, 4.69) is 0 Å². The molecule has 3 heterocycles. The molecule has 1 aliphatic carbocycles. The Labute approximate surface area is 197 Å². The first-order valence-corrected chi connectivity index (χ1v) is 12.4. The van der Waals surface area contributed by atoms with Crippen molar-refractivity contribution in [3.63, 3.8) is 0 Å². The summed E-state index contributed by atoms with van der Waals surface area (Å²) in [5, 5.41) is 9.81. The van der Waals surface area contributed by atoms with Crippen LogP contribution in [0.3, 0.4) is 0 Å². The minimum atomic E-state index is -4.56. The number of hydrogen-bond acceptors (Lipinski definition) is 4. The van der Waals surface area contributed by atoms with Crippen molar-refractivity contribution in [1.82, 2.24) is 4.90 Å². The normalized spacial score (nSPS) is 30.6. The zero-order valence-corrected chi connectivity index (χ0v) is 19.3. The van der Waals surface area contributed by atoms with Gasteiger partial charge in [-0.05, 0) is 69.6 Å². The van der Waals surface area contributed by atoms with Crippen LogP contribution in [0, 0.1) is 5.41 Å². The number of piperidine rings is 1. The maximum absolute atomic E-state index is 14.1. The number of carbonyl (C=O) groups is 2. The SMILES string of the molecule is O=C1CCCN1c1ccc(N2CCC[C@]3(CCN([C@H]4CC[C@H](O)CC4)C3=O)C2)c(C(F)(F)F)c1. The third kappa shape index (κ3) is 4.16. The standard InChI is InChI=1S/C25H32F3N3O3/c26-25(27,28)20-15-18(30-13-1-3-22(30)33)6-9-21(20)29-12-2-10-24(16-29)11-14-31(23(24)34)17-4-7-19(32)8-5-17/h6,9,15,17,19,32H,1-5,7-8,10-14,16H2/t17-,19-,24-/m0/s1. The van der Waals surface area contributed by atoms with Gasteiger partial charge < -0.3 is 19.8 Å². The number of hydrogen-bond donors (Lipinski definition) is 1. The van der Waals surface area contributed by atoms with Crippen molar-refractivity contribution >= 4 is 23.2 Å². The van der Waals surface area contributed by atoms with Gasteiger partial charge in [-0.25, -0.2) is 0 Å². The summed E-state index contributed by atoms with van der Waals surface area (Å²) in [7, 11) is 0. The second kappa shape index (κ2) is 8.73. The van der Waals surface area contributed by atoms with Gasteiger partial charge in [0.15, 0.2) is 0 Å². The molecule has 4 fully saturated rings. The van der Waals surface area contributed by atoms with Crippen molar-refractivity contribution in [3.05, 3.63) is 23.8 Å². The van der Waals surface area contributed by atoms with Crippen LogP contribution in [-0.2, 0) is 15.8 Å². The molecule has 0 bridgehead atoms. The fraction of sp³-hybridized carbons (Fsp3) is 0.680. The summed E-state index contributed by atoms with van der Waals surface area (Å²) in [4.78, 5) is 30.7. The highest BCUT2D eigenvalue weighted by atomic mass is 19.4. The van der Waals surface area contributed by atoms with E-state index in [1.165, 1.54) is 11.0 Å². The predicted molar refractivity (Wildman–Crippen MR) is 122 cm³/mol. The largest absolute Gasteiger partial charge is 0.418 e. The molecule has 1 aromatic carbocycles. The Morgan fingerprint density at radius 1 is 0.971 bits per heavy atom. The van der Waals surface area contributed by atoms with E-state index in [1.807, 2.05) is 4.90 Å². The molecule has 4 aliphatic rings. The molecule has 0 radical (unpaired) electrons. The number of anilines is 2. The minimum absolute atomic E-state index is 0.0615. The molecule has 34 heavy (non-hydrogen) atoms. The highest BCUT2D eigenvalue weighted by Crippen LogP contribution is 2.46. The summed E-state index contributed by atoms with van der Waals surface area (Å²) in [5.74, 6) is -0.0869. The molecule has 6 nitrogen and oxygen atoms in total. The molecule has 1 N–H and O–H groups in total. The van der Waals surface area contributed by atoms with Crippen LogP contribution in [0.1, 0.15) is 63.4 Å². The van der Waals surface area contributed by atoms with Crippen molar-refractivity contribution < 1.29 is 27.9 Å². The Kier molecular flexibility index (Phi) is 6.02. The van der Waals surface area contributed by atoms with E-state index in [-0.39, 0.29) is 41.9 Å². The maximum Gasteiger partial charge on any atom is 0.418 e. The zero-order chi connectivity index (χ0) is 24.1. The van der Waals surface area contributed by atoms with Gasteiger partial charge >= 0.3 is 6.18 Å². The van der Waals surface area contributed by atoms with Crippen LogP contribution in [0.15, 0.2) is 18.2 Å². The number of likely N-dealkylation sites (tertiary alicyclic amines) is 1. The van der Waals surface area contributed by atoms with Gasteiger partial charge in [0.25, 0.3) is 0 Å². The van der Waals surface area contributed by atoms with Crippen molar-refractivity contribution in [2.45, 2.75) is 76.1 Å². The van der Waals surface area contributed by atoms with Gasteiger partial charge in [0.05, 0.1) is 17.1 Å². The first kappa shape index (κ1) is 23.5. The lowest BCUT2D eigenvalue weighted by molar-refractivity contribution is -0.139. The topological polar surface area (TPSA) is 64.1 Å². The third-order valence-corrected chi connectivity index (χ3v) is 8.24. The van der Waals surface area contributed by atoms with Crippen LogP contribution in [0.4, 0.5) is 24.5 Å². The quantitative estimate of drug-likeness (QED) is 0.713. The van der Waals surface area contributed by atoms with Crippen LogP contribution < -0.4 is 9.80 Å². The number of aliphatic hydroxyl groups is 1. The molecule has 1 saturated carbocycles. The van der Waals surface area contributed by atoms with Crippen LogP contribution >= 0.6 is 0 Å². The first-order valence-electron chi connectivity index (χ1n) is 12.4. The van der Waals surface area contributed by atoms with Crippen LogP contribution in [0.25, 0.3) is 0 Å². The fourth-order valence-electron chi connectivity index (χ4n) is 6.40. The Morgan fingerprint density at radius 2 is 1.74 bits per heavy atom. The van der Waals surface area contributed by atoms with Crippen molar-refractivity contribution in [2.24, 2.45) is 5.41 Å². The number of halogens is 3. The Morgan fingerprint density at radius 3 is 2.41 bits per heavy atom. The Bertz CT molecular complexity index is 960. The molecule has 1 spiro atoms. The minimum Gasteiger partial charge on any atom is -0.393 e. The molecule has 1 aromatic rings. The molecule has 1 atom stereocenters. The van der Waals surface area contributed by atoms with Gasteiger partial charge in [0.1, 0.15) is 0 Å². The van der Waals surface area contributed by atoms with E-state index in [0.29, 0.717) is 64.6 Å². The summed E-state index contributed by atoms with van der Waals surface area (Å²) in [6, 6.07) is 4.29. The molecule has 186 valence electrons. The number of amides is 2. The summed E-state index contributed by atoms with van der Waals surface area (Å²) >= 11 is 0. The number of carbonyl (C=O) groups excluding carboxylic acids is 2. The Hall–Kier alpha value is -2.29. The molecule has 3 aliphatic heterocycles. The number of nitrogens with zero attached hydrogens (tertiary/aromatic N) is 3. The number of alkyl halides is 3. The average Bonchev–Trinajstić information content (AvgIpc) is 3.37. The van der Waals surface area contributed by atoms with Crippen LogP contribution in [-0.4, -0.2) is 60.1 Å². The monoisotopic (exact) mass is 479 g/mol. The molecule has 3 saturated heterocycles. The highest BCUT2D eigenvalue weighted by molar-refractivity contribution is 5.95. The molecule has 2 amide bonds. The van der Waals surface area contributed by atoms with E-state index in [9.17, 15) is 27.9 Å². The van der Waals surface area contributed by atoms with Crippen molar-refractivity contribution in [2.75, 3.05) is 36.0 Å². The average molecular weight is 480 g/mol. The van der Waals surface area contributed by atoms with E-state index in [0.717, 1.165) is 18.9 Å². The molecule has 9 heteroatoms. The maximum atomic E-state index is 14.1. The Balaban J connectivity index is 1.39. The first-order chi connectivity index (χ1) is 16.2. The number of aliphatic hydroxyl groups excluding tert-OH is 1. The van der Waals surface area contributed by atoms with Gasteiger partial charge in [0, 0.05) is 50.0 Å². The summed E-state index contributed by atoms with van der Waals surface area (Å²) in [6.45, 7) is 1.82. The van der Waals surface area contributed by atoms with Crippen LogP contribution in [0.2, 0.25) is 0 Å². The lowest BCUT2D eigenvalue weighted by Crippen LogP contribution is -2.50. The second-order valence-electron chi connectivity index (χ2n) is 10.4. The molecular formula is C25H32F3N3O3. The van der Waals surface area contributed by atoms with Crippen LogP contribution in [0.5, 0.6) is 0 Å². The zero-order valence-electron chi connectivity index (χ0n) is 19.3. The van der Waals surface area contributed by atoms with Crippen molar-refractivity contribution in [1.29, 1.82) is 0 Å². The van der Waals surface area contributed by atoms with E-state index in [4.69, 9.17) is 0 Å². The van der Waals surface area contributed by atoms with E-state index >= 15 is 0 Å². The summed E-state index contributed by atoms with van der Waals surface area (Å²) in [5.41, 5.74) is -1.02. The van der Waals surface area contributed by atoms with E-state index in [1.54, 1.807) is 11.0 Å².